The number of hydrogen-bond donors (Lipinski definition) is 2. The van der Waals surface area contributed by atoms with Gasteiger partial charge in [0, 0.05) is 18.5 Å². The van der Waals surface area contributed by atoms with Crippen LogP contribution < -0.4 is 10.5 Å². The molecule has 0 radical (unpaired) electrons. The van der Waals surface area contributed by atoms with Gasteiger partial charge in [-0.25, -0.2) is 4.98 Å². The average Bonchev–Trinajstić information content (AvgIpc) is 3.01. The van der Waals surface area contributed by atoms with Crippen molar-refractivity contribution in [2.75, 3.05) is 18.0 Å². The van der Waals surface area contributed by atoms with E-state index in [2.05, 4.69) is 14.9 Å². The lowest BCUT2D eigenvalue weighted by molar-refractivity contribution is 0.569. The van der Waals surface area contributed by atoms with Crippen LogP contribution in [0.2, 0.25) is 0 Å². The lowest BCUT2D eigenvalue weighted by atomic mass is 9.89. The molecule has 0 saturated carbocycles. The summed E-state index contributed by atoms with van der Waals surface area (Å²) in [4.78, 5) is 26.8. The van der Waals surface area contributed by atoms with Crippen LogP contribution in [0, 0.1) is 4.77 Å². The van der Waals surface area contributed by atoms with Gasteiger partial charge in [0.05, 0.1) is 5.52 Å². The molecule has 7 heteroatoms. The number of aromatic nitrogens is 3. The molecule has 3 aromatic rings. The Morgan fingerprint density at radius 1 is 1.00 bits per heavy atom. The summed E-state index contributed by atoms with van der Waals surface area (Å²) < 4.78 is 1.10. The van der Waals surface area contributed by atoms with Gasteiger partial charge >= 0.3 is 0 Å². The molecule has 1 aliphatic carbocycles. The summed E-state index contributed by atoms with van der Waals surface area (Å²) >= 11 is 6.69. The third-order valence-electron chi connectivity index (χ3n) is 5.46. The number of hydrogen-bond acceptors (Lipinski definition) is 5. The van der Waals surface area contributed by atoms with Gasteiger partial charge in [0.2, 0.25) is 0 Å². The molecule has 5 nitrogen and oxygen atoms in total. The molecule has 25 heavy (non-hydrogen) atoms. The highest BCUT2D eigenvalue weighted by molar-refractivity contribution is 7.71. The first-order valence-electron chi connectivity index (χ1n) is 9.08. The molecule has 2 aliphatic rings. The molecule has 4 heterocycles. The van der Waals surface area contributed by atoms with Gasteiger partial charge in [-0.1, -0.05) is 0 Å². The van der Waals surface area contributed by atoms with E-state index in [-0.39, 0.29) is 5.56 Å². The van der Waals surface area contributed by atoms with E-state index in [4.69, 9.17) is 17.2 Å². The summed E-state index contributed by atoms with van der Waals surface area (Å²) in [7, 11) is 0. The summed E-state index contributed by atoms with van der Waals surface area (Å²) in [5.41, 5.74) is 3.56. The van der Waals surface area contributed by atoms with Gasteiger partial charge in [0.25, 0.3) is 5.56 Å². The number of fused-ring (bicyclic) bond motifs is 5. The van der Waals surface area contributed by atoms with E-state index in [1.807, 2.05) is 0 Å². The van der Waals surface area contributed by atoms with Crippen LogP contribution in [0.5, 0.6) is 0 Å². The van der Waals surface area contributed by atoms with Crippen molar-refractivity contribution in [3.8, 4) is 0 Å². The number of H-pyrrole nitrogens is 2. The molecule has 1 saturated heterocycles. The number of nitrogens with zero attached hydrogens (tertiary/aromatic N) is 2. The van der Waals surface area contributed by atoms with Crippen molar-refractivity contribution >= 4 is 49.8 Å². The lowest BCUT2D eigenvalue weighted by Gasteiger charge is -2.31. The number of thiophene rings is 1. The van der Waals surface area contributed by atoms with E-state index in [0.29, 0.717) is 9.47 Å². The smallest absolute Gasteiger partial charge is 0.269 e. The minimum atomic E-state index is -0.106. The molecule has 0 atom stereocenters. The van der Waals surface area contributed by atoms with Gasteiger partial charge in [-0.3, -0.25) is 9.78 Å². The Hall–Kier alpha value is -1.73. The van der Waals surface area contributed by atoms with E-state index < -0.39 is 0 Å². The monoisotopic (exact) mass is 372 g/mol. The average molecular weight is 373 g/mol. The maximum absolute atomic E-state index is 12.4. The largest absolute Gasteiger partial charge is 0.356 e. The first kappa shape index (κ1) is 15.5. The summed E-state index contributed by atoms with van der Waals surface area (Å²) in [6.45, 7) is 2.19. The first-order valence-corrected chi connectivity index (χ1v) is 10.3. The Morgan fingerprint density at radius 3 is 2.56 bits per heavy atom. The van der Waals surface area contributed by atoms with Crippen LogP contribution in [0.4, 0.5) is 5.82 Å². The van der Waals surface area contributed by atoms with Gasteiger partial charge < -0.3 is 9.88 Å². The molecule has 130 valence electrons. The fourth-order valence-corrected chi connectivity index (χ4v) is 5.57. The quantitative estimate of drug-likeness (QED) is 0.632. The normalized spacial score (nSPS) is 18.0. The van der Waals surface area contributed by atoms with Crippen molar-refractivity contribution in [1.29, 1.82) is 0 Å². The molecule has 0 unspecified atom stereocenters. The Labute approximate surface area is 154 Å². The predicted octanol–water partition coefficient (Wildman–Crippen LogP) is 4.06. The molecule has 0 aromatic carbocycles. The number of anilines is 1. The second-order valence-electron chi connectivity index (χ2n) is 7.04. The highest BCUT2D eigenvalue weighted by atomic mass is 32.1. The van der Waals surface area contributed by atoms with Gasteiger partial charge in [-0.2, -0.15) is 0 Å². The fourth-order valence-electron chi connectivity index (χ4n) is 4.32. The van der Waals surface area contributed by atoms with Crippen LogP contribution in [-0.2, 0) is 12.8 Å². The Morgan fingerprint density at radius 2 is 1.76 bits per heavy atom. The van der Waals surface area contributed by atoms with Crippen LogP contribution in [0.15, 0.2) is 4.79 Å². The first-order chi connectivity index (χ1) is 12.2. The van der Waals surface area contributed by atoms with Gasteiger partial charge in [-0.05, 0) is 68.3 Å². The topological polar surface area (TPSA) is 64.8 Å². The zero-order chi connectivity index (χ0) is 17.0. The number of rotatable bonds is 1. The number of aryl methyl sites for hydroxylation is 1. The highest BCUT2D eigenvalue weighted by Crippen LogP contribution is 2.40. The number of aromatic amines is 2. The molecule has 2 N–H and O–H groups in total. The van der Waals surface area contributed by atoms with Gasteiger partial charge in [0.1, 0.15) is 15.3 Å². The molecule has 0 bridgehead atoms. The van der Waals surface area contributed by atoms with E-state index in [0.717, 1.165) is 41.7 Å². The molecule has 0 spiro atoms. The Kier molecular flexibility index (Phi) is 3.67. The summed E-state index contributed by atoms with van der Waals surface area (Å²) in [5.74, 6) is 1.17. The molecule has 5 rings (SSSR count). The number of piperidine rings is 1. The molecule has 1 fully saturated rings. The summed E-state index contributed by atoms with van der Waals surface area (Å²) in [6.07, 6.45) is 8.38. The maximum Gasteiger partial charge on any atom is 0.269 e. The van der Waals surface area contributed by atoms with E-state index in [1.165, 1.54) is 60.4 Å². The van der Waals surface area contributed by atoms with Crippen LogP contribution in [0.3, 0.4) is 0 Å². The van der Waals surface area contributed by atoms with E-state index in [1.54, 1.807) is 0 Å². The number of pyridine rings is 1. The van der Waals surface area contributed by atoms with E-state index in [9.17, 15) is 4.79 Å². The van der Waals surface area contributed by atoms with Crippen LogP contribution >= 0.6 is 23.6 Å². The predicted molar refractivity (Wildman–Crippen MR) is 106 cm³/mol. The van der Waals surface area contributed by atoms with Crippen molar-refractivity contribution in [3.63, 3.8) is 0 Å². The molecular formula is C18H20N4OS2. The molecule has 1 aliphatic heterocycles. The number of nitrogens with one attached hydrogen (secondary N) is 2. The fraction of sp³-hybridized carbons (Fsp3) is 0.500. The zero-order valence-electron chi connectivity index (χ0n) is 14.0. The van der Waals surface area contributed by atoms with Crippen molar-refractivity contribution in [2.24, 2.45) is 0 Å². The zero-order valence-corrected chi connectivity index (χ0v) is 15.6. The minimum absolute atomic E-state index is 0.106. The van der Waals surface area contributed by atoms with Gasteiger partial charge in [0.15, 0.2) is 4.77 Å². The van der Waals surface area contributed by atoms with Crippen LogP contribution in [0.1, 0.15) is 43.2 Å². The van der Waals surface area contributed by atoms with Crippen molar-refractivity contribution in [1.82, 2.24) is 15.0 Å². The Bertz CT molecular complexity index is 1090. The Balaban J connectivity index is 1.86. The molecule has 0 amide bonds. The summed E-state index contributed by atoms with van der Waals surface area (Å²) in [6, 6.07) is 0. The summed E-state index contributed by atoms with van der Waals surface area (Å²) in [5, 5.41) is 1.13. The van der Waals surface area contributed by atoms with Crippen LogP contribution in [-0.4, -0.2) is 28.0 Å². The van der Waals surface area contributed by atoms with Crippen molar-refractivity contribution < 1.29 is 0 Å². The maximum atomic E-state index is 12.4. The van der Waals surface area contributed by atoms with Crippen molar-refractivity contribution in [2.45, 2.75) is 44.9 Å². The molecule has 3 aromatic heterocycles. The third kappa shape index (κ3) is 2.44. The van der Waals surface area contributed by atoms with Crippen molar-refractivity contribution in [3.05, 3.63) is 26.3 Å². The highest BCUT2D eigenvalue weighted by Gasteiger charge is 2.25. The van der Waals surface area contributed by atoms with Crippen LogP contribution in [0.25, 0.3) is 20.4 Å². The van der Waals surface area contributed by atoms with Gasteiger partial charge in [-0.15, -0.1) is 11.3 Å². The standard InChI is InChI=1S/C18H20N4OS2/c23-16-14-13(19-18(24)21-16)12-10-6-2-3-7-11(10)15(20-17(12)25-14)22-8-4-1-5-9-22/h1-9H2,(H2,19,21,23,24). The van der Waals surface area contributed by atoms with E-state index >= 15 is 0 Å². The third-order valence-corrected chi connectivity index (χ3v) is 6.75. The second-order valence-corrected chi connectivity index (χ2v) is 8.45. The second kappa shape index (κ2) is 5.92. The molecular weight excluding hydrogens is 352 g/mol. The lowest BCUT2D eigenvalue weighted by Crippen LogP contribution is -2.31. The minimum Gasteiger partial charge on any atom is -0.356 e. The SMILES string of the molecule is O=c1[nH]c(=S)[nH]c2c1sc1nc(N3CCCCC3)c3c(c12)CCCC3.